The van der Waals surface area contributed by atoms with E-state index in [1.807, 2.05) is 37.3 Å². The summed E-state index contributed by atoms with van der Waals surface area (Å²) in [6.07, 6.45) is 3.60. The minimum absolute atomic E-state index is 0.636. The largest absolute Gasteiger partial charge is 0.396 e. The molecule has 1 aromatic rings. The molecule has 4 nitrogen and oxygen atoms in total. The lowest BCUT2D eigenvalue weighted by molar-refractivity contribution is 0.389. The molecule has 0 aliphatic carbocycles. The van der Waals surface area contributed by atoms with Gasteiger partial charge in [-0.05, 0) is 18.6 Å². The van der Waals surface area contributed by atoms with Gasteiger partial charge in [0.15, 0.2) is 0 Å². The zero-order chi connectivity index (χ0) is 15.4. The molecule has 4 heteroatoms. The number of fused-ring (bicyclic) bond motifs is 1. The van der Waals surface area contributed by atoms with Crippen molar-refractivity contribution in [3.63, 3.8) is 0 Å². The van der Waals surface area contributed by atoms with Crippen LogP contribution >= 0.6 is 0 Å². The van der Waals surface area contributed by atoms with Crippen molar-refractivity contribution in [3.8, 4) is 0 Å². The third-order valence-corrected chi connectivity index (χ3v) is 3.62. The number of nitrogens with one attached hydrogen (secondary N) is 1. The molecule has 21 heavy (non-hydrogen) atoms. The molecule has 0 saturated heterocycles. The van der Waals surface area contributed by atoms with Crippen molar-refractivity contribution < 1.29 is 0 Å². The van der Waals surface area contributed by atoms with E-state index >= 15 is 0 Å². The third-order valence-electron chi connectivity index (χ3n) is 3.62. The average Bonchev–Trinajstić information content (AvgIpc) is 2.52. The van der Waals surface area contributed by atoms with E-state index in [1.165, 1.54) is 0 Å². The summed E-state index contributed by atoms with van der Waals surface area (Å²) in [5.41, 5.74) is 11.7. The van der Waals surface area contributed by atoms with Crippen LogP contribution in [0.3, 0.4) is 0 Å². The van der Waals surface area contributed by atoms with Gasteiger partial charge < -0.3 is 16.1 Å². The minimum Gasteiger partial charge on any atom is -0.396 e. The summed E-state index contributed by atoms with van der Waals surface area (Å²) in [5, 5.41) is 5.04. The van der Waals surface area contributed by atoms with E-state index < -0.39 is 0 Å². The first-order chi connectivity index (χ1) is 10.1. The molecule has 0 amide bonds. The Morgan fingerprint density at radius 1 is 1.29 bits per heavy atom. The first-order valence-corrected chi connectivity index (χ1v) is 6.97. The molecule has 0 aromatic heterocycles. The maximum atomic E-state index is 6.42. The Morgan fingerprint density at radius 3 is 2.62 bits per heavy atom. The van der Waals surface area contributed by atoms with Crippen LogP contribution in [0, 0.1) is 0 Å². The van der Waals surface area contributed by atoms with E-state index in [0.29, 0.717) is 18.8 Å². The highest BCUT2D eigenvalue weighted by atomic mass is 15.4. The lowest BCUT2D eigenvalue weighted by atomic mass is 9.97. The standard InChI is InChI=1S/C17H22N4/c1-4-12-11-20-15-10-8-7-9-14(15)16(18)17(13(12)5-2)21(19)6-3/h4-5,7-10,20H,1-2,6,11,18-19H2,3H3/b13-12-,17-16-. The number of nitrogens with two attached hydrogens (primary N) is 2. The third kappa shape index (κ3) is 2.71. The highest BCUT2D eigenvalue weighted by Gasteiger charge is 2.20. The molecule has 0 saturated carbocycles. The van der Waals surface area contributed by atoms with E-state index in [-0.39, 0.29) is 0 Å². The fraction of sp³-hybridized carbons (Fsp3) is 0.176. The van der Waals surface area contributed by atoms with Crippen molar-refractivity contribution in [2.75, 3.05) is 18.4 Å². The van der Waals surface area contributed by atoms with E-state index in [9.17, 15) is 0 Å². The van der Waals surface area contributed by atoms with E-state index in [0.717, 1.165) is 28.1 Å². The normalized spacial score (nSPS) is 21.6. The Kier molecular flexibility index (Phi) is 4.50. The molecule has 0 radical (unpaired) electrons. The van der Waals surface area contributed by atoms with Gasteiger partial charge in [0.1, 0.15) is 0 Å². The Hall–Kier alpha value is -2.46. The Morgan fingerprint density at radius 2 is 2.00 bits per heavy atom. The number of benzene rings is 1. The SMILES string of the molecule is C=C/C1=C(C=C)/C(N(N)CC)=C(/N)c2ccccc2NC1. The number of likely N-dealkylation sites (N-methyl/N-ethyl adjacent to an activating group) is 1. The second-order valence-electron chi connectivity index (χ2n) is 4.79. The smallest absolute Gasteiger partial charge is 0.0829 e. The quantitative estimate of drug-likeness (QED) is 0.586. The van der Waals surface area contributed by atoms with Crippen molar-refractivity contribution in [1.82, 2.24) is 5.01 Å². The molecule has 110 valence electrons. The van der Waals surface area contributed by atoms with Crippen LogP contribution in [-0.2, 0) is 0 Å². The maximum Gasteiger partial charge on any atom is 0.0829 e. The number of hydrogen-bond acceptors (Lipinski definition) is 4. The summed E-state index contributed by atoms with van der Waals surface area (Å²) in [7, 11) is 0. The molecule has 0 fully saturated rings. The van der Waals surface area contributed by atoms with Gasteiger partial charge in [-0.1, -0.05) is 43.5 Å². The summed E-state index contributed by atoms with van der Waals surface area (Å²) >= 11 is 0. The first kappa shape index (κ1) is 14.9. The predicted octanol–water partition coefficient (Wildman–Crippen LogP) is 2.60. The average molecular weight is 282 g/mol. The highest BCUT2D eigenvalue weighted by molar-refractivity contribution is 5.80. The molecule has 1 aromatic carbocycles. The second kappa shape index (κ2) is 6.33. The van der Waals surface area contributed by atoms with Crippen LogP contribution in [-0.4, -0.2) is 18.1 Å². The number of rotatable bonds is 4. The Labute approximate surface area is 126 Å². The minimum atomic E-state index is 0.636. The first-order valence-electron chi connectivity index (χ1n) is 6.97. The molecule has 0 atom stereocenters. The molecule has 0 spiro atoms. The van der Waals surface area contributed by atoms with Gasteiger partial charge in [0.05, 0.1) is 11.4 Å². The molecule has 5 N–H and O–H groups in total. The molecular formula is C17H22N4. The van der Waals surface area contributed by atoms with Crippen molar-refractivity contribution in [2.24, 2.45) is 11.6 Å². The molecule has 0 unspecified atom stereocenters. The fourth-order valence-electron chi connectivity index (χ4n) is 2.46. The second-order valence-corrected chi connectivity index (χ2v) is 4.79. The molecule has 1 heterocycles. The lowest BCUT2D eigenvalue weighted by Crippen LogP contribution is -2.34. The van der Waals surface area contributed by atoms with Crippen molar-refractivity contribution in [3.05, 3.63) is 72.0 Å². The summed E-state index contributed by atoms with van der Waals surface area (Å²) in [5.74, 6) is 6.16. The van der Waals surface area contributed by atoms with Gasteiger partial charge in [0.2, 0.25) is 0 Å². The number of allylic oxidation sites excluding steroid dienone is 1. The van der Waals surface area contributed by atoms with Crippen molar-refractivity contribution in [1.29, 1.82) is 0 Å². The zero-order valence-corrected chi connectivity index (χ0v) is 12.4. The van der Waals surface area contributed by atoms with Gasteiger partial charge in [-0.15, -0.1) is 0 Å². The number of anilines is 1. The van der Waals surface area contributed by atoms with Crippen LogP contribution < -0.4 is 16.9 Å². The maximum absolute atomic E-state index is 6.42. The van der Waals surface area contributed by atoms with Gasteiger partial charge in [0, 0.05) is 29.9 Å². The highest BCUT2D eigenvalue weighted by Crippen LogP contribution is 2.31. The van der Waals surface area contributed by atoms with E-state index in [1.54, 1.807) is 11.1 Å². The van der Waals surface area contributed by atoms with Crippen LogP contribution in [0.5, 0.6) is 0 Å². The van der Waals surface area contributed by atoms with Crippen LogP contribution in [0.2, 0.25) is 0 Å². The van der Waals surface area contributed by atoms with Crippen LogP contribution in [0.4, 0.5) is 5.69 Å². The van der Waals surface area contributed by atoms with Gasteiger partial charge >= 0.3 is 0 Å². The number of nitrogens with zero attached hydrogens (tertiary/aromatic N) is 1. The predicted molar refractivity (Wildman–Crippen MR) is 90.0 cm³/mol. The summed E-state index contributed by atoms with van der Waals surface area (Å²) < 4.78 is 0. The van der Waals surface area contributed by atoms with Crippen LogP contribution in [0.15, 0.2) is 66.4 Å². The summed E-state index contributed by atoms with van der Waals surface area (Å²) in [6.45, 7) is 11.1. The topological polar surface area (TPSA) is 67.3 Å². The molecule has 1 aliphatic heterocycles. The van der Waals surface area contributed by atoms with Crippen LogP contribution in [0.25, 0.3) is 5.70 Å². The molecule has 0 bridgehead atoms. The number of para-hydroxylation sites is 1. The van der Waals surface area contributed by atoms with Gasteiger partial charge in [-0.3, -0.25) is 0 Å². The zero-order valence-electron chi connectivity index (χ0n) is 12.4. The van der Waals surface area contributed by atoms with E-state index in [2.05, 4.69) is 18.5 Å². The van der Waals surface area contributed by atoms with Gasteiger partial charge in [-0.2, -0.15) is 0 Å². The van der Waals surface area contributed by atoms with Gasteiger partial charge in [-0.25, -0.2) is 5.84 Å². The Bertz CT molecular complexity index is 625. The molecule has 2 rings (SSSR count). The monoisotopic (exact) mass is 282 g/mol. The van der Waals surface area contributed by atoms with Gasteiger partial charge in [0.25, 0.3) is 0 Å². The fourth-order valence-corrected chi connectivity index (χ4v) is 2.46. The van der Waals surface area contributed by atoms with E-state index in [4.69, 9.17) is 11.6 Å². The number of hydrogen-bond donors (Lipinski definition) is 3. The van der Waals surface area contributed by atoms with Crippen molar-refractivity contribution >= 4 is 11.4 Å². The summed E-state index contributed by atoms with van der Waals surface area (Å²) in [4.78, 5) is 0. The molecular weight excluding hydrogens is 260 g/mol. The number of hydrazine groups is 1. The summed E-state index contributed by atoms with van der Waals surface area (Å²) in [6, 6.07) is 7.93. The molecule has 1 aliphatic rings. The lowest BCUT2D eigenvalue weighted by Gasteiger charge is -2.28. The van der Waals surface area contributed by atoms with Crippen LogP contribution in [0.1, 0.15) is 12.5 Å². The Balaban J connectivity index is 2.78. The van der Waals surface area contributed by atoms with Crippen molar-refractivity contribution in [2.45, 2.75) is 6.92 Å².